The summed E-state index contributed by atoms with van der Waals surface area (Å²) in [6.45, 7) is 1.70. The zero-order valence-electron chi connectivity index (χ0n) is 7.70. The van der Waals surface area contributed by atoms with E-state index >= 15 is 0 Å². The smallest absolute Gasteiger partial charge is 0.269 e. The maximum Gasteiger partial charge on any atom is 0.269 e. The van der Waals surface area contributed by atoms with Crippen molar-refractivity contribution >= 4 is 5.91 Å². The van der Waals surface area contributed by atoms with Gasteiger partial charge in [0.15, 0.2) is 0 Å². The Morgan fingerprint density at radius 2 is 2.43 bits per heavy atom. The molecule has 0 fully saturated rings. The Balaban J connectivity index is 2.57. The van der Waals surface area contributed by atoms with E-state index in [4.69, 9.17) is 5.11 Å². The average molecular weight is 198 g/mol. The molecule has 0 bridgehead atoms. The van der Waals surface area contributed by atoms with E-state index in [2.05, 4.69) is 10.3 Å². The van der Waals surface area contributed by atoms with Gasteiger partial charge in [-0.25, -0.2) is 9.37 Å². The lowest BCUT2D eigenvalue weighted by Gasteiger charge is -2.05. The molecule has 1 aromatic rings. The van der Waals surface area contributed by atoms with Gasteiger partial charge in [0.2, 0.25) is 0 Å². The Bertz CT molecular complexity index is 311. The number of carbonyl (C=O) groups excluding carboxylic acids is 1. The summed E-state index contributed by atoms with van der Waals surface area (Å²) in [5, 5.41) is 11.3. The first-order chi connectivity index (χ1) is 6.59. The minimum absolute atomic E-state index is 0.132. The van der Waals surface area contributed by atoms with Crippen LogP contribution in [0.4, 0.5) is 4.39 Å². The maximum atomic E-state index is 12.4. The van der Waals surface area contributed by atoms with Gasteiger partial charge in [-0.1, -0.05) is 0 Å². The lowest BCUT2D eigenvalue weighted by Crippen LogP contribution is -2.31. The molecule has 0 aliphatic rings. The van der Waals surface area contributed by atoms with Gasteiger partial charge in [0.1, 0.15) is 11.5 Å². The molecule has 0 radical (unpaired) electrons. The van der Waals surface area contributed by atoms with E-state index in [1.54, 1.807) is 6.92 Å². The van der Waals surface area contributed by atoms with Crippen LogP contribution in [0.25, 0.3) is 0 Å². The summed E-state index contributed by atoms with van der Waals surface area (Å²) in [6, 6.07) is 2.44. The Morgan fingerprint density at radius 1 is 1.71 bits per heavy atom. The number of halogens is 1. The number of nitrogens with one attached hydrogen (secondary N) is 1. The topological polar surface area (TPSA) is 62.2 Å². The van der Waals surface area contributed by atoms with Crippen molar-refractivity contribution in [3.05, 3.63) is 29.8 Å². The summed E-state index contributed by atoms with van der Waals surface area (Å²) < 4.78 is 12.4. The molecular formula is C9H11FN2O2. The second kappa shape index (κ2) is 4.66. The van der Waals surface area contributed by atoms with Crippen LogP contribution < -0.4 is 5.32 Å². The average Bonchev–Trinajstić information content (AvgIpc) is 2.15. The van der Waals surface area contributed by atoms with Crippen LogP contribution in [0.15, 0.2) is 18.3 Å². The van der Waals surface area contributed by atoms with Crippen LogP contribution in [-0.4, -0.2) is 28.6 Å². The molecule has 1 aromatic heterocycles. The highest BCUT2D eigenvalue weighted by Crippen LogP contribution is 1.97. The van der Waals surface area contributed by atoms with Crippen molar-refractivity contribution in [2.24, 2.45) is 0 Å². The number of carbonyl (C=O) groups is 1. The quantitative estimate of drug-likeness (QED) is 0.735. The van der Waals surface area contributed by atoms with Gasteiger partial charge >= 0.3 is 0 Å². The minimum atomic E-state index is -0.612. The lowest BCUT2D eigenvalue weighted by molar-refractivity contribution is 0.0919. The second-order valence-corrected chi connectivity index (χ2v) is 2.92. The molecule has 1 amide bonds. The number of hydrogen-bond donors (Lipinski definition) is 2. The van der Waals surface area contributed by atoms with Gasteiger partial charge in [0.05, 0.1) is 12.3 Å². The number of aliphatic hydroxyl groups is 1. The van der Waals surface area contributed by atoms with Crippen LogP contribution >= 0.6 is 0 Å². The molecule has 0 saturated heterocycles. The Kier molecular flexibility index (Phi) is 3.53. The highest BCUT2D eigenvalue weighted by Gasteiger charge is 2.07. The molecule has 4 nitrogen and oxygen atoms in total. The van der Waals surface area contributed by atoms with Gasteiger partial charge in [-0.2, -0.15) is 0 Å². The van der Waals surface area contributed by atoms with Crippen molar-refractivity contribution in [2.75, 3.05) is 6.54 Å². The van der Waals surface area contributed by atoms with Crippen LogP contribution in [0.3, 0.4) is 0 Å². The lowest BCUT2D eigenvalue weighted by atomic mass is 10.3. The number of rotatable bonds is 3. The van der Waals surface area contributed by atoms with Crippen molar-refractivity contribution in [3.63, 3.8) is 0 Å². The predicted molar refractivity (Wildman–Crippen MR) is 48.2 cm³/mol. The maximum absolute atomic E-state index is 12.4. The van der Waals surface area contributed by atoms with Gasteiger partial charge in [0, 0.05) is 6.54 Å². The van der Waals surface area contributed by atoms with E-state index < -0.39 is 17.8 Å². The predicted octanol–water partition coefficient (Wildman–Crippen LogP) is 0.331. The third-order valence-electron chi connectivity index (χ3n) is 1.52. The van der Waals surface area contributed by atoms with E-state index in [1.165, 1.54) is 6.07 Å². The van der Waals surface area contributed by atoms with E-state index in [0.717, 1.165) is 12.3 Å². The minimum Gasteiger partial charge on any atom is -0.392 e. The van der Waals surface area contributed by atoms with Crippen LogP contribution in [0, 0.1) is 5.82 Å². The molecule has 76 valence electrons. The number of hydrogen-bond acceptors (Lipinski definition) is 3. The van der Waals surface area contributed by atoms with Crippen molar-refractivity contribution in [1.29, 1.82) is 0 Å². The summed E-state index contributed by atoms with van der Waals surface area (Å²) in [5.74, 6) is -0.914. The third kappa shape index (κ3) is 3.10. The van der Waals surface area contributed by atoms with Crippen molar-refractivity contribution in [2.45, 2.75) is 13.0 Å². The molecule has 0 saturated carbocycles. The van der Waals surface area contributed by atoms with E-state index in [9.17, 15) is 9.18 Å². The van der Waals surface area contributed by atoms with Gasteiger partial charge in [-0.3, -0.25) is 4.79 Å². The molecule has 1 unspecified atom stereocenters. The highest BCUT2D eigenvalue weighted by molar-refractivity contribution is 5.92. The fourth-order valence-corrected chi connectivity index (χ4v) is 0.841. The molecule has 1 heterocycles. The molecule has 5 heteroatoms. The van der Waals surface area contributed by atoms with Gasteiger partial charge < -0.3 is 10.4 Å². The first-order valence-corrected chi connectivity index (χ1v) is 4.17. The zero-order chi connectivity index (χ0) is 10.6. The molecule has 0 aromatic carbocycles. The summed E-state index contributed by atoms with van der Waals surface area (Å²) in [6.07, 6.45) is 0.358. The van der Waals surface area contributed by atoms with Crippen molar-refractivity contribution < 1.29 is 14.3 Å². The fraction of sp³-hybridized carbons (Fsp3) is 0.333. The molecule has 0 spiro atoms. The molecule has 2 N–H and O–H groups in total. The first kappa shape index (κ1) is 10.6. The summed E-state index contributed by atoms with van der Waals surface area (Å²) in [4.78, 5) is 14.8. The monoisotopic (exact) mass is 198 g/mol. The number of aromatic nitrogens is 1. The SMILES string of the molecule is CC(O)CNC(=O)c1ccc(F)cn1. The summed E-state index contributed by atoms with van der Waals surface area (Å²) in [5.41, 5.74) is 0.132. The Morgan fingerprint density at radius 3 is 2.93 bits per heavy atom. The highest BCUT2D eigenvalue weighted by atomic mass is 19.1. The standard InChI is InChI=1S/C9H11FN2O2/c1-6(13)4-12-9(14)8-3-2-7(10)5-11-8/h2-3,5-6,13H,4H2,1H3,(H,12,14). The molecular weight excluding hydrogens is 187 g/mol. The summed E-state index contributed by atoms with van der Waals surface area (Å²) >= 11 is 0. The zero-order valence-corrected chi connectivity index (χ0v) is 7.70. The number of nitrogens with zero attached hydrogens (tertiary/aromatic N) is 1. The van der Waals surface area contributed by atoms with E-state index in [0.29, 0.717) is 0 Å². The van der Waals surface area contributed by atoms with Crippen LogP contribution in [0.1, 0.15) is 17.4 Å². The molecule has 0 aliphatic carbocycles. The molecule has 1 rings (SSSR count). The molecule has 1 atom stereocenters. The number of amides is 1. The first-order valence-electron chi connectivity index (χ1n) is 4.17. The molecule has 0 aliphatic heterocycles. The van der Waals surface area contributed by atoms with Crippen LogP contribution in [0.5, 0.6) is 0 Å². The normalized spacial score (nSPS) is 12.2. The third-order valence-corrected chi connectivity index (χ3v) is 1.52. The van der Waals surface area contributed by atoms with E-state index in [1.807, 2.05) is 0 Å². The Labute approximate surface area is 80.8 Å². The van der Waals surface area contributed by atoms with Gasteiger partial charge in [0.25, 0.3) is 5.91 Å². The van der Waals surface area contributed by atoms with Gasteiger partial charge in [-0.05, 0) is 19.1 Å². The van der Waals surface area contributed by atoms with Gasteiger partial charge in [-0.15, -0.1) is 0 Å². The largest absolute Gasteiger partial charge is 0.392 e. The number of pyridine rings is 1. The van der Waals surface area contributed by atoms with Crippen molar-refractivity contribution in [3.8, 4) is 0 Å². The van der Waals surface area contributed by atoms with E-state index in [-0.39, 0.29) is 12.2 Å². The number of aliphatic hydroxyl groups excluding tert-OH is 1. The fourth-order valence-electron chi connectivity index (χ4n) is 0.841. The van der Waals surface area contributed by atoms with Crippen molar-refractivity contribution in [1.82, 2.24) is 10.3 Å². The van der Waals surface area contributed by atoms with Crippen LogP contribution in [-0.2, 0) is 0 Å². The Hall–Kier alpha value is -1.49. The summed E-state index contributed by atoms with van der Waals surface area (Å²) in [7, 11) is 0. The second-order valence-electron chi connectivity index (χ2n) is 2.92. The van der Waals surface area contributed by atoms with Crippen LogP contribution in [0.2, 0.25) is 0 Å². The molecule has 14 heavy (non-hydrogen) atoms.